The molecule has 17 heavy (non-hydrogen) atoms. The third-order valence-electron chi connectivity index (χ3n) is 3.21. The van der Waals surface area contributed by atoms with E-state index in [0.29, 0.717) is 5.92 Å². The maximum atomic E-state index is 4.42. The highest BCUT2D eigenvalue weighted by Crippen LogP contribution is 2.22. The Morgan fingerprint density at radius 1 is 1.59 bits per heavy atom. The normalized spacial score (nSPS) is 17.4. The number of nitrogens with zero attached hydrogens (tertiary/aromatic N) is 2. The fourth-order valence-electron chi connectivity index (χ4n) is 2.05. The molecule has 1 saturated carbocycles. The zero-order valence-corrected chi connectivity index (χ0v) is 12.3. The smallest absolute Gasteiger partial charge is 0.0635 e. The van der Waals surface area contributed by atoms with Gasteiger partial charge in [0.2, 0.25) is 0 Å². The molecule has 0 radical (unpaired) electrons. The molecule has 0 aliphatic heterocycles. The van der Waals surface area contributed by atoms with Crippen LogP contribution in [0.25, 0.3) is 0 Å². The van der Waals surface area contributed by atoms with Crippen LogP contribution in [-0.4, -0.2) is 22.4 Å². The first-order valence-electron chi connectivity index (χ1n) is 6.64. The van der Waals surface area contributed by atoms with Gasteiger partial charge in [-0.2, -0.15) is 5.10 Å². The molecule has 0 spiro atoms. The summed E-state index contributed by atoms with van der Waals surface area (Å²) in [4.78, 5) is 0. The van der Waals surface area contributed by atoms with Gasteiger partial charge in [-0.05, 0) is 54.1 Å². The second kappa shape index (κ2) is 6.01. The molecule has 0 bridgehead atoms. The number of hydrogen-bond donors (Lipinski definition) is 1. The molecule has 1 aliphatic carbocycles. The lowest BCUT2D eigenvalue weighted by molar-refractivity contribution is 0.478. The van der Waals surface area contributed by atoms with Gasteiger partial charge < -0.3 is 5.32 Å². The van der Waals surface area contributed by atoms with E-state index in [0.717, 1.165) is 36.4 Å². The van der Waals surface area contributed by atoms with E-state index in [4.69, 9.17) is 0 Å². The minimum atomic E-state index is 0.666. The number of aromatic nitrogens is 2. The van der Waals surface area contributed by atoms with Gasteiger partial charge in [-0.3, -0.25) is 4.68 Å². The summed E-state index contributed by atoms with van der Waals surface area (Å²) in [6.45, 7) is 6.64. The molecule has 1 atom stereocenters. The molecule has 96 valence electrons. The fraction of sp³-hybridized carbons (Fsp3) is 0.769. The third-order valence-corrected chi connectivity index (χ3v) is 3.87. The number of nitrogens with one attached hydrogen (secondary N) is 1. The molecular formula is C13H22BrN3. The van der Waals surface area contributed by atoms with Crippen LogP contribution in [0, 0.1) is 5.92 Å². The highest BCUT2D eigenvalue weighted by atomic mass is 79.9. The van der Waals surface area contributed by atoms with E-state index in [1.165, 1.54) is 18.5 Å². The van der Waals surface area contributed by atoms with Gasteiger partial charge in [0.15, 0.2) is 0 Å². The summed E-state index contributed by atoms with van der Waals surface area (Å²) in [5, 5.41) is 8.01. The van der Waals surface area contributed by atoms with Crippen LogP contribution in [0.3, 0.4) is 0 Å². The second-order valence-electron chi connectivity index (χ2n) is 5.15. The van der Waals surface area contributed by atoms with Gasteiger partial charge in [-0.25, -0.2) is 0 Å². The van der Waals surface area contributed by atoms with Crippen molar-refractivity contribution in [2.75, 3.05) is 6.54 Å². The molecule has 1 N–H and O–H groups in total. The highest BCUT2D eigenvalue weighted by Gasteiger charge is 2.21. The van der Waals surface area contributed by atoms with Crippen molar-refractivity contribution in [3.8, 4) is 0 Å². The Bertz CT molecular complexity index is 358. The summed E-state index contributed by atoms with van der Waals surface area (Å²) >= 11 is 3.60. The van der Waals surface area contributed by atoms with E-state index < -0.39 is 0 Å². The van der Waals surface area contributed by atoms with Gasteiger partial charge >= 0.3 is 0 Å². The van der Waals surface area contributed by atoms with Gasteiger partial charge in [-0.15, -0.1) is 0 Å². The summed E-state index contributed by atoms with van der Waals surface area (Å²) < 4.78 is 3.29. The average molecular weight is 300 g/mol. The maximum Gasteiger partial charge on any atom is 0.0635 e. The number of aryl methyl sites for hydroxylation is 1. The molecule has 1 fully saturated rings. The standard InChI is InChI=1S/C13H22BrN3/c1-3-6-17-13(12(14)9-16-17)7-10(2)8-15-11-4-5-11/h9-11,15H,3-8H2,1-2H3. The Morgan fingerprint density at radius 3 is 3.00 bits per heavy atom. The predicted octanol–water partition coefficient (Wildman–Crippen LogP) is 2.99. The number of halogens is 1. The lowest BCUT2D eigenvalue weighted by Crippen LogP contribution is -2.25. The van der Waals surface area contributed by atoms with Crippen molar-refractivity contribution in [1.29, 1.82) is 0 Å². The second-order valence-corrected chi connectivity index (χ2v) is 6.01. The largest absolute Gasteiger partial charge is 0.314 e. The summed E-state index contributed by atoms with van der Waals surface area (Å²) in [7, 11) is 0. The zero-order valence-electron chi connectivity index (χ0n) is 10.7. The van der Waals surface area contributed by atoms with E-state index in [1.807, 2.05) is 6.20 Å². The summed E-state index contributed by atoms with van der Waals surface area (Å²) in [6.07, 6.45) is 6.89. The number of hydrogen-bond acceptors (Lipinski definition) is 2. The first kappa shape index (κ1) is 13.1. The molecule has 1 aromatic heterocycles. The van der Waals surface area contributed by atoms with Crippen molar-refractivity contribution in [1.82, 2.24) is 15.1 Å². The molecule has 0 amide bonds. The van der Waals surface area contributed by atoms with Crippen LogP contribution in [0.5, 0.6) is 0 Å². The van der Waals surface area contributed by atoms with Crippen molar-refractivity contribution in [2.45, 2.75) is 52.1 Å². The number of rotatable bonds is 7. The van der Waals surface area contributed by atoms with Gasteiger partial charge in [-0.1, -0.05) is 13.8 Å². The van der Waals surface area contributed by atoms with Gasteiger partial charge in [0.25, 0.3) is 0 Å². The summed E-state index contributed by atoms with van der Waals surface area (Å²) in [5.74, 6) is 0.666. The monoisotopic (exact) mass is 299 g/mol. The van der Waals surface area contributed by atoms with Crippen molar-refractivity contribution in [3.05, 3.63) is 16.4 Å². The van der Waals surface area contributed by atoms with E-state index in [2.05, 4.69) is 44.9 Å². The molecule has 1 aromatic rings. The predicted molar refractivity (Wildman–Crippen MR) is 74.1 cm³/mol. The lowest BCUT2D eigenvalue weighted by Gasteiger charge is -2.14. The molecule has 2 rings (SSSR count). The summed E-state index contributed by atoms with van der Waals surface area (Å²) in [6, 6.07) is 0.807. The molecule has 0 aromatic carbocycles. The quantitative estimate of drug-likeness (QED) is 0.839. The van der Waals surface area contributed by atoms with Gasteiger partial charge in [0.1, 0.15) is 0 Å². The van der Waals surface area contributed by atoms with E-state index in [-0.39, 0.29) is 0 Å². The van der Waals surface area contributed by atoms with Crippen molar-refractivity contribution < 1.29 is 0 Å². The van der Waals surface area contributed by atoms with E-state index >= 15 is 0 Å². The first-order chi connectivity index (χ1) is 8.20. The fourth-order valence-corrected chi connectivity index (χ4v) is 2.51. The minimum Gasteiger partial charge on any atom is -0.314 e. The van der Waals surface area contributed by atoms with Crippen LogP contribution in [0.1, 0.15) is 38.8 Å². The molecule has 0 saturated heterocycles. The Labute approximate surface area is 112 Å². The molecule has 1 aliphatic rings. The van der Waals surface area contributed by atoms with Gasteiger partial charge in [0.05, 0.1) is 16.4 Å². The van der Waals surface area contributed by atoms with Crippen LogP contribution in [-0.2, 0) is 13.0 Å². The van der Waals surface area contributed by atoms with Crippen LogP contribution in [0.4, 0.5) is 0 Å². The molecule has 4 heteroatoms. The average Bonchev–Trinajstić information content (AvgIpc) is 3.07. The SMILES string of the molecule is CCCn1ncc(Br)c1CC(C)CNC1CC1. The van der Waals surface area contributed by atoms with Crippen LogP contribution < -0.4 is 5.32 Å². The third kappa shape index (κ3) is 3.81. The molecule has 3 nitrogen and oxygen atoms in total. The van der Waals surface area contributed by atoms with E-state index in [9.17, 15) is 0 Å². The summed E-state index contributed by atoms with van der Waals surface area (Å²) in [5.41, 5.74) is 1.34. The lowest BCUT2D eigenvalue weighted by atomic mass is 10.1. The highest BCUT2D eigenvalue weighted by molar-refractivity contribution is 9.10. The van der Waals surface area contributed by atoms with Crippen LogP contribution >= 0.6 is 15.9 Å². The topological polar surface area (TPSA) is 29.9 Å². The molecule has 1 unspecified atom stereocenters. The van der Waals surface area contributed by atoms with Crippen LogP contribution in [0.2, 0.25) is 0 Å². The molecular weight excluding hydrogens is 278 g/mol. The van der Waals surface area contributed by atoms with Gasteiger partial charge in [0, 0.05) is 12.6 Å². The Kier molecular flexibility index (Phi) is 4.62. The Hall–Kier alpha value is -0.350. The van der Waals surface area contributed by atoms with E-state index in [1.54, 1.807) is 0 Å². The van der Waals surface area contributed by atoms with Crippen molar-refractivity contribution in [3.63, 3.8) is 0 Å². The van der Waals surface area contributed by atoms with Crippen LogP contribution in [0.15, 0.2) is 10.7 Å². The van der Waals surface area contributed by atoms with Crippen molar-refractivity contribution in [2.24, 2.45) is 5.92 Å². The Morgan fingerprint density at radius 2 is 2.35 bits per heavy atom. The Balaban J connectivity index is 1.88. The molecule has 1 heterocycles. The van der Waals surface area contributed by atoms with Crippen molar-refractivity contribution >= 4 is 15.9 Å². The minimum absolute atomic E-state index is 0.666. The maximum absolute atomic E-state index is 4.42. The zero-order chi connectivity index (χ0) is 12.3. The first-order valence-corrected chi connectivity index (χ1v) is 7.43.